The Bertz CT molecular complexity index is 133. The van der Waals surface area contributed by atoms with Gasteiger partial charge in [-0.05, 0) is 38.9 Å². The van der Waals surface area contributed by atoms with Crippen molar-refractivity contribution in [3.63, 3.8) is 0 Å². The highest BCUT2D eigenvalue weighted by atomic mass is 15.1. The van der Waals surface area contributed by atoms with E-state index in [1.165, 1.54) is 38.9 Å². The van der Waals surface area contributed by atoms with Crippen LogP contribution in [0.1, 0.15) is 40.0 Å². The van der Waals surface area contributed by atoms with E-state index in [0.717, 1.165) is 26.2 Å². The largest absolute Gasteiger partial charge is 0.329 e. The maximum absolute atomic E-state index is 5.27. The van der Waals surface area contributed by atoms with Crippen molar-refractivity contribution < 1.29 is 0 Å². The van der Waals surface area contributed by atoms with Crippen LogP contribution in [0.15, 0.2) is 0 Å². The summed E-state index contributed by atoms with van der Waals surface area (Å²) < 4.78 is 0. The molecule has 0 atom stereocenters. The second-order valence-electron chi connectivity index (χ2n) is 4.92. The van der Waals surface area contributed by atoms with Gasteiger partial charge < -0.3 is 27.0 Å². The van der Waals surface area contributed by atoms with Crippen molar-refractivity contribution in [2.45, 2.75) is 40.0 Å². The molecule has 0 heterocycles. The predicted octanol–water partition coefficient (Wildman–Crippen LogP) is 0.601. The van der Waals surface area contributed by atoms with Crippen molar-refractivity contribution in [1.29, 1.82) is 0 Å². The molecule has 0 bridgehead atoms. The third-order valence-corrected chi connectivity index (χ3v) is 2.74. The highest BCUT2D eigenvalue weighted by molar-refractivity contribution is 4.53. The first-order valence-corrected chi connectivity index (χ1v) is 8.30. The van der Waals surface area contributed by atoms with Crippen molar-refractivity contribution in [3.8, 4) is 0 Å². The molecule has 0 radical (unpaired) electrons. The molecule has 20 heavy (non-hydrogen) atoms. The molecule has 0 aromatic heterocycles. The Labute approximate surface area is 126 Å². The van der Waals surface area contributed by atoms with Crippen LogP contribution in [0, 0.1) is 0 Å². The number of nitrogens with one attached hydrogen (secondary N) is 2. The highest BCUT2D eigenvalue weighted by Gasteiger charge is 1.98. The van der Waals surface area contributed by atoms with E-state index in [1.54, 1.807) is 0 Å². The second kappa shape index (κ2) is 21.1. The van der Waals surface area contributed by atoms with Gasteiger partial charge in [0.05, 0.1) is 0 Å². The SMILES string of the molecule is CCCN(CCC)CCC.NCCNCCNCCN. The minimum absolute atomic E-state index is 0.705. The zero-order chi connectivity index (χ0) is 15.5. The lowest BCUT2D eigenvalue weighted by Crippen LogP contribution is -2.32. The fourth-order valence-corrected chi connectivity index (χ4v) is 1.91. The highest BCUT2D eigenvalue weighted by Crippen LogP contribution is 1.94. The van der Waals surface area contributed by atoms with Crippen molar-refractivity contribution >= 4 is 0 Å². The molecular weight excluding hydrogens is 250 g/mol. The second-order valence-corrected chi connectivity index (χ2v) is 4.92. The zero-order valence-electron chi connectivity index (χ0n) is 14.1. The zero-order valence-corrected chi connectivity index (χ0v) is 14.1. The first-order valence-electron chi connectivity index (χ1n) is 8.30. The molecule has 0 spiro atoms. The van der Waals surface area contributed by atoms with Gasteiger partial charge >= 0.3 is 0 Å². The molecule has 0 aromatic carbocycles. The summed E-state index contributed by atoms with van der Waals surface area (Å²) in [5.41, 5.74) is 10.5. The monoisotopic (exact) mass is 289 g/mol. The van der Waals surface area contributed by atoms with Crippen LogP contribution in [0.5, 0.6) is 0 Å². The number of rotatable bonds is 13. The van der Waals surface area contributed by atoms with Crippen LogP contribution in [0.2, 0.25) is 0 Å². The van der Waals surface area contributed by atoms with E-state index in [-0.39, 0.29) is 0 Å². The Balaban J connectivity index is 0. The molecule has 0 unspecified atom stereocenters. The van der Waals surface area contributed by atoms with Gasteiger partial charge in [-0.15, -0.1) is 0 Å². The van der Waals surface area contributed by atoms with Crippen molar-refractivity contribution in [1.82, 2.24) is 15.5 Å². The fraction of sp³-hybridized carbons (Fsp3) is 1.00. The summed E-state index contributed by atoms with van der Waals surface area (Å²) >= 11 is 0. The summed E-state index contributed by atoms with van der Waals surface area (Å²) in [6.45, 7) is 15.7. The minimum Gasteiger partial charge on any atom is -0.329 e. The normalized spacial score (nSPS) is 10.5. The number of nitrogens with zero attached hydrogens (tertiary/aromatic N) is 1. The van der Waals surface area contributed by atoms with Crippen LogP contribution in [-0.2, 0) is 0 Å². The Hall–Kier alpha value is -0.200. The first-order chi connectivity index (χ1) is 9.76. The Kier molecular flexibility index (Phi) is 23.3. The standard InChI is InChI=1S/C9H21N.C6H18N4/c1-4-7-10(8-5-2)9-6-3;7-1-3-9-5-6-10-4-2-8/h4-9H2,1-3H3;9-10H,1-8H2. The molecule has 0 amide bonds. The molecule has 0 aliphatic rings. The summed E-state index contributed by atoms with van der Waals surface area (Å²) in [6.07, 6.45) is 3.88. The first kappa shape index (κ1) is 22.1. The van der Waals surface area contributed by atoms with Gasteiger partial charge in [-0.2, -0.15) is 0 Å². The van der Waals surface area contributed by atoms with E-state index >= 15 is 0 Å². The molecule has 0 aliphatic heterocycles. The number of hydrogen-bond donors (Lipinski definition) is 4. The van der Waals surface area contributed by atoms with Crippen LogP contribution in [-0.4, -0.2) is 63.8 Å². The van der Waals surface area contributed by atoms with Gasteiger partial charge in [0, 0.05) is 39.3 Å². The van der Waals surface area contributed by atoms with Crippen molar-refractivity contribution in [2.24, 2.45) is 11.5 Å². The van der Waals surface area contributed by atoms with Crippen LogP contribution in [0.4, 0.5) is 0 Å². The number of hydrogen-bond acceptors (Lipinski definition) is 5. The minimum atomic E-state index is 0.705. The van der Waals surface area contributed by atoms with E-state index in [1.807, 2.05) is 0 Å². The maximum Gasteiger partial charge on any atom is 0.00772 e. The van der Waals surface area contributed by atoms with Gasteiger partial charge in [0.2, 0.25) is 0 Å². The molecule has 6 N–H and O–H groups in total. The van der Waals surface area contributed by atoms with E-state index in [0.29, 0.717) is 13.1 Å². The van der Waals surface area contributed by atoms with Gasteiger partial charge in [-0.3, -0.25) is 0 Å². The van der Waals surface area contributed by atoms with Crippen LogP contribution in [0.3, 0.4) is 0 Å². The molecule has 0 rings (SSSR count). The third kappa shape index (κ3) is 20.1. The lowest BCUT2D eigenvalue weighted by Gasteiger charge is -2.19. The molecule has 0 aliphatic carbocycles. The molecule has 124 valence electrons. The number of nitrogens with two attached hydrogens (primary N) is 2. The molecule has 0 fully saturated rings. The summed E-state index contributed by atoms with van der Waals surface area (Å²) in [7, 11) is 0. The summed E-state index contributed by atoms with van der Waals surface area (Å²) in [5, 5.41) is 6.33. The van der Waals surface area contributed by atoms with Gasteiger partial charge in [-0.1, -0.05) is 20.8 Å². The quantitative estimate of drug-likeness (QED) is 0.374. The molecular formula is C15H39N5. The van der Waals surface area contributed by atoms with Gasteiger partial charge in [0.1, 0.15) is 0 Å². The topological polar surface area (TPSA) is 79.3 Å². The lowest BCUT2D eigenvalue weighted by atomic mass is 10.3. The van der Waals surface area contributed by atoms with E-state index < -0.39 is 0 Å². The summed E-state index contributed by atoms with van der Waals surface area (Å²) in [4.78, 5) is 2.54. The van der Waals surface area contributed by atoms with Gasteiger partial charge in [0.15, 0.2) is 0 Å². The molecule has 0 saturated heterocycles. The summed E-state index contributed by atoms with van der Waals surface area (Å²) in [5.74, 6) is 0. The van der Waals surface area contributed by atoms with Gasteiger partial charge in [0.25, 0.3) is 0 Å². The van der Waals surface area contributed by atoms with Gasteiger partial charge in [-0.25, -0.2) is 0 Å². The Morgan fingerprint density at radius 2 is 1.00 bits per heavy atom. The average molecular weight is 290 g/mol. The predicted molar refractivity (Wildman–Crippen MR) is 91.2 cm³/mol. The average Bonchev–Trinajstić information content (AvgIpc) is 2.44. The molecule has 0 saturated carbocycles. The Morgan fingerprint density at radius 3 is 1.25 bits per heavy atom. The Morgan fingerprint density at radius 1 is 0.650 bits per heavy atom. The molecule has 5 heteroatoms. The van der Waals surface area contributed by atoms with E-state index in [2.05, 4.69) is 36.3 Å². The van der Waals surface area contributed by atoms with E-state index in [9.17, 15) is 0 Å². The molecule has 5 nitrogen and oxygen atoms in total. The molecule has 0 aromatic rings. The third-order valence-electron chi connectivity index (χ3n) is 2.74. The summed E-state index contributed by atoms with van der Waals surface area (Å²) in [6, 6.07) is 0. The van der Waals surface area contributed by atoms with Crippen LogP contribution < -0.4 is 22.1 Å². The smallest absolute Gasteiger partial charge is 0.00772 e. The fourth-order valence-electron chi connectivity index (χ4n) is 1.91. The van der Waals surface area contributed by atoms with Crippen molar-refractivity contribution in [3.05, 3.63) is 0 Å². The van der Waals surface area contributed by atoms with Crippen LogP contribution in [0.25, 0.3) is 0 Å². The maximum atomic E-state index is 5.27. The van der Waals surface area contributed by atoms with E-state index in [4.69, 9.17) is 11.5 Å². The van der Waals surface area contributed by atoms with Crippen LogP contribution >= 0.6 is 0 Å². The van der Waals surface area contributed by atoms with Crippen molar-refractivity contribution in [2.75, 3.05) is 58.9 Å². The lowest BCUT2D eigenvalue weighted by molar-refractivity contribution is 0.275.